The molecular weight excluding hydrogens is 308 g/mol. The van der Waals surface area contributed by atoms with Gasteiger partial charge in [0.05, 0.1) is 18.3 Å². The topological polar surface area (TPSA) is 26.3 Å². The summed E-state index contributed by atoms with van der Waals surface area (Å²) in [6, 6.07) is 10.3. The number of benzene rings is 1. The number of fused-ring (bicyclic) bond motifs is 1. The van der Waals surface area contributed by atoms with Crippen LogP contribution >= 0.6 is 0 Å². The molecule has 1 aromatic carbocycles. The van der Waals surface area contributed by atoms with Crippen molar-refractivity contribution in [1.82, 2.24) is 0 Å². The van der Waals surface area contributed by atoms with Gasteiger partial charge in [-0.1, -0.05) is 62.1 Å². The van der Waals surface area contributed by atoms with Crippen LogP contribution in [0.1, 0.15) is 38.7 Å². The molecule has 2 atom stereocenters. The van der Waals surface area contributed by atoms with Crippen LogP contribution in [-0.2, 0) is 16.0 Å². The third kappa shape index (κ3) is 3.78. The molecule has 0 bridgehead atoms. The normalized spacial score (nSPS) is 22.6. The van der Waals surface area contributed by atoms with E-state index in [1.807, 2.05) is 24.3 Å². The summed E-state index contributed by atoms with van der Waals surface area (Å²) < 4.78 is 6.07. The van der Waals surface area contributed by atoms with Gasteiger partial charge in [-0.3, -0.25) is 4.79 Å². The molecule has 2 nitrogen and oxygen atoms in total. The highest BCUT2D eigenvalue weighted by molar-refractivity contribution is 6.03. The van der Waals surface area contributed by atoms with Gasteiger partial charge >= 0.3 is 0 Å². The van der Waals surface area contributed by atoms with Gasteiger partial charge in [0.2, 0.25) is 0 Å². The summed E-state index contributed by atoms with van der Waals surface area (Å²) in [5, 5.41) is 0. The van der Waals surface area contributed by atoms with Gasteiger partial charge in [-0.05, 0) is 29.4 Å². The molecule has 0 amide bonds. The number of hydrogen-bond donors (Lipinski definition) is 0. The average molecular weight is 334 g/mol. The zero-order chi connectivity index (χ0) is 17.9. The highest BCUT2D eigenvalue weighted by Gasteiger charge is 2.46. The molecule has 25 heavy (non-hydrogen) atoms. The van der Waals surface area contributed by atoms with Crippen LogP contribution in [0, 0.1) is 23.2 Å². The third-order valence-corrected chi connectivity index (χ3v) is 5.16. The van der Waals surface area contributed by atoms with Gasteiger partial charge in [0, 0.05) is 18.8 Å². The molecule has 0 spiro atoms. The van der Waals surface area contributed by atoms with E-state index in [2.05, 4.69) is 44.4 Å². The number of rotatable bonds is 5. The molecule has 0 unspecified atom stereocenters. The van der Waals surface area contributed by atoms with Gasteiger partial charge in [-0.15, -0.1) is 6.58 Å². The van der Waals surface area contributed by atoms with E-state index in [1.165, 1.54) is 5.56 Å². The standard InChI is InChI=1S/C23H26O2/c1-4-14-23(2,3)22-21-18(16-25-22)15-20(24)19(21)13-9-8-12-17-10-6-5-7-11-17/h4-7,10-11,18,22H,1,8,12,14-16H2,2-3H3/t18-,22-/m0/s1. The van der Waals surface area contributed by atoms with Crippen LogP contribution in [0.2, 0.25) is 0 Å². The fourth-order valence-corrected chi connectivity index (χ4v) is 3.87. The molecule has 1 heterocycles. The van der Waals surface area contributed by atoms with Crippen LogP contribution in [0.4, 0.5) is 0 Å². The third-order valence-electron chi connectivity index (χ3n) is 5.16. The molecule has 1 aromatic rings. The van der Waals surface area contributed by atoms with Gasteiger partial charge in [0.1, 0.15) is 0 Å². The first kappa shape index (κ1) is 17.7. The Morgan fingerprint density at radius 2 is 2.08 bits per heavy atom. The molecule has 2 aliphatic rings. The first-order valence-corrected chi connectivity index (χ1v) is 9.05. The molecule has 1 saturated heterocycles. The lowest BCUT2D eigenvalue weighted by atomic mass is 9.78. The monoisotopic (exact) mass is 334 g/mol. The Labute approximate surface area is 151 Å². The zero-order valence-electron chi connectivity index (χ0n) is 15.2. The first-order chi connectivity index (χ1) is 12.0. The SMILES string of the molecule is C=CCC(C)(C)[C@H]1OC[C@@H]2CC(=O)C(C#CCCc3ccccc3)=C21. The average Bonchev–Trinajstić information content (AvgIpc) is 3.12. The van der Waals surface area contributed by atoms with E-state index in [0.717, 1.165) is 30.4 Å². The Bertz CT molecular complexity index is 743. The van der Waals surface area contributed by atoms with Crippen molar-refractivity contribution >= 4 is 5.78 Å². The van der Waals surface area contributed by atoms with E-state index < -0.39 is 0 Å². The number of ketones is 1. The van der Waals surface area contributed by atoms with Crippen LogP contribution in [0.15, 0.2) is 54.1 Å². The Balaban J connectivity index is 1.78. The van der Waals surface area contributed by atoms with E-state index in [-0.39, 0.29) is 23.2 Å². The number of hydrogen-bond acceptors (Lipinski definition) is 2. The number of Topliss-reactive ketones (excluding diaryl/α,β-unsaturated/α-hetero) is 1. The number of carbonyl (C=O) groups is 1. The molecule has 1 fully saturated rings. The second-order valence-electron chi connectivity index (χ2n) is 7.64. The lowest BCUT2D eigenvalue weighted by Gasteiger charge is -2.31. The van der Waals surface area contributed by atoms with Crippen molar-refractivity contribution < 1.29 is 9.53 Å². The van der Waals surface area contributed by atoms with E-state index in [1.54, 1.807) is 0 Å². The predicted molar refractivity (Wildman–Crippen MR) is 101 cm³/mol. The van der Waals surface area contributed by atoms with Crippen molar-refractivity contribution in [3.8, 4) is 11.8 Å². The second kappa shape index (κ2) is 7.42. The van der Waals surface area contributed by atoms with Crippen molar-refractivity contribution in [3.05, 3.63) is 59.7 Å². The summed E-state index contributed by atoms with van der Waals surface area (Å²) in [5.41, 5.74) is 3.08. The van der Waals surface area contributed by atoms with Crippen molar-refractivity contribution in [3.63, 3.8) is 0 Å². The first-order valence-electron chi connectivity index (χ1n) is 9.05. The van der Waals surface area contributed by atoms with Gasteiger partial charge in [-0.25, -0.2) is 0 Å². The minimum atomic E-state index is -0.0621. The van der Waals surface area contributed by atoms with Crippen LogP contribution in [0.5, 0.6) is 0 Å². The van der Waals surface area contributed by atoms with Gasteiger partial charge in [-0.2, -0.15) is 0 Å². The fourth-order valence-electron chi connectivity index (χ4n) is 3.87. The van der Waals surface area contributed by atoms with Crippen molar-refractivity contribution in [1.29, 1.82) is 0 Å². The summed E-state index contributed by atoms with van der Waals surface area (Å²) in [6.07, 6.45) is 4.99. The van der Waals surface area contributed by atoms with Crippen LogP contribution in [-0.4, -0.2) is 18.5 Å². The number of allylic oxidation sites excluding steroid dienone is 2. The quantitative estimate of drug-likeness (QED) is 0.585. The van der Waals surface area contributed by atoms with Crippen molar-refractivity contribution in [2.24, 2.45) is 11.3 Å². The summed E-state index contributed by atoms with van der Waals surface area (Å²) in [6.45, 7) is 8.86. The number of carbonyl (C=O) groups excluding carboxylic acids is 1. The van der Waals surface area contributed by atoms with Crippen molar-refractivity contribution in [2.75, 3.05) is 6.61 Å². The lowest BCUT2D eigenvalue weighted by Crippen LogP contribution is -2.30. The molecule has 130 valence electrons. The predicted octanol–water partition coefficient (Wildman–Crippen LogP) is 4.51. The van der Waals surface area contributed by atoms with Crippen LogP contribution < -0.4 is 0 Å². The summed E-state index contributed by atoms with van der Waals surface area (Å²) in [7, 11) is 0. The van der Waals surface area contributed by atoms with Crippen LogP contribution in [0.3, 0.4) is 0 Å². The van der Waals surface area contributed by atoms with Crippen molar-refractivity contribution in [2.45, 2.75) is 45.6 Å². The molecule has 0 radical (unpaired) electrons. The van der Waals surface area contributed by atoms with E-state index in [9.17, 15) is 4.79 Å². The minimum Gasteiger partial charge on any atom is -0.373 e. The summed E-state index contributed by atoms with van der Waals surface area (Å²) >= 11 is 0. The molecule has 2 heteroatoms. The number of ether oxygens (including phenoxy) is 1. The highest BCUT2D eigenvalue weighted by Crippen LogP contribution is 2.46. The maximum Gasteiger partial charge on any atom is 0.171 e. The molecule has 0 aromatic heterocycles. The second-order valence-corrected chi connectivity index (χ2v) is 7.64. The Morgan fingerprint density at radius 3 is 2.80 bits per heavy atom. The smallest absolute Gasteiger partial charge is 0.171 e. The largest absolute Gasteiger partial charge is 0.373 e. The Morgan fingerprint density at radius 1 is 1.32 bits per heavy atom. The molecule has 0 N–H and O–H groups in total. The fraction of sp³-hybridized carbons (Fsp3) is 0.435. The number of aryl methyl sites for hydroxylation is 1. The van der Waals surface area contributed by atoms with Gasteiger partial charge in [0.25, 0.3) is 0 Å². The molecule has 1 aliphatic heterocycles. The van der Waals surface area contributed by atoms with E-state index in [0.29, 0.717) is 13.0 Å². The minimum absolute atomic E-state index is 0.0274. The summed E-state index contributed by atoms with van der Waals surface area (Å²) in [5.74, 6) is 6.82. The molecule has 1 aliphatic carbocycles. The van der Waals surface area contributed by atoms with Gasteiger partial charge in [0.15, 0.2) is 5.78 Å². The Hall–Kier alpha value is -2.11. The summed E-state index contributed by atoms with van der Waals surface area (Å²) in [4.78, 5) is 12.4. The molecule has 0 saturated carbocycles. The lowest BCUT2D eigenvalue weighted by molar-refractivity contribution is -0.115. The van der Waals surface area contributed by atoms with Crippen LogP contribution in [0.25, 0.3) is 0 Å². The highest BCUT2D eigenvalue weighted by atomic mass is 16.5. The molecule has 3 rings (SSSR count). The van der Waals surface area contributed by atoms with Gasteiger partial charge < -0.3 is 4.74 Å². The maximum absolute atomic E-state index is 12.4. The maximum atomic E-state index is 12.4. The van der Waals surface area contributed by atoms with E-state index >= 15 is 0 Å². The molecular formula is C23H26O2. The Kier molecular flexibility index (Phi) is 5.25. The van der Waals surface area contributed by atoms with E-state index in [4.69, 9.17) is 4.74 Å². The zero-order valence-corrected chi connectivity index (χ0v) is 15.2.